The van der Waals surface area contributed by atoms with Gasteiger partial charge in [-0.3, -0.25) is 9.59 Å². The summed E-state index contributed by atoms with van der Waals surface area (Å²) >= 11 is 0. The molecule has 31 heavy (non-hydrogen) atoms. The Bertz CT molecular complexity index is 902. The minimum atomic E-state index is -0.666. The Labute approximate surface area is 184 Å². The maximum absolute atomic E-state index is 13.3. The van der Waals surface area contributed by atoms with Crippen molar-refractivity contribution in [1.82, 2.24) is 15.0 Å². The van der Waals surface area contributed by atoms with E-state index in [4.69, 9.17) is 4.52 Å². The van der Waals surface area contributed by atoms with Gasteiger partial charge >= 0.3 is 0 Å². The van der Waals surface area contributed by atoms with Gasteiger partial charge in [-0.2, -0.15) is 0 Å². The Morgan fingerprint density at radius 1 is 1.16 bits per heavy atom. The molecule has 1 saturated carbocycles. The van der Waals surface area contributed by atoms with Crippen LogP contribution in [-0.2, 0) is 16.0 Å². The summed E-state index contributed by atoms with van der Waals surface area (Å²) in [5, 5.41) is 4.23. The molecule has 4 rings (SSSR count). The van der Waals surface area contributed by atoms with E-state index >= 15 is 0 Å². The fourth-order valence-electron chi connectivity index (χ4n) is 5.28. The molecule has 2 fully saturated rings. The summed E-state index contributed by atoms with van der Waals surface area (Å²) in [5.74, 6) is 1.46. The third-order valence-corrected chi connectivity index (χ3v) is 6.87. The maximum atomic E-state index is 13.3. The van der Waals surface area contributed by atoms with E-state index in [1.807, 2.05) is 41.3 Å². The number of amides is 2. The molecule has 1 atom stereocenters. The van der Waals surface area contributed by atoms with Gasteiger partial charge in [-0.15, -0.1) is 0 Å². The van der Waals surface area contributed by atoms with Crippen molar-refractivity contribution in [3.8, 4) is 11.3 Å². The van der Waals surface area contributed by atoms with E-state index in [9.17, 15) is 9.59 Å². The predicted octanol–water partition coefficient (Wildman–Crippen LogP) is 4.16. The van der Waals surface area contributed by atoms with E-state index in [0.717, 1.165) is 43.5 Å². The molecule has 166 valence electrons. The highest BCUT2D eigenvalue weighted by atomic mass is 16.5. The van der Waals surface area contributed by atoms with Gasteiger partial charge in [0.15, 0.2) is 0 Å². The summed E-state index contributed by atoms with van der Waals surface area (Å²) in [4.78, 5) is 30.0. The molecule has 2 aromatic rings. The minimum Gasteiger partial charge on any atom is -0.361 e. The molecular formula is C25H33N3O3. The Hall–Kier alpha value is -2.63. The number of nitrogens with zero attached hydrogens (tertiary/aromatic N) is 3. The number of carbonyl (C=O) groups is 2. The summed E-state index contributed by atoms with van der Waals surface area (Å²) in [5.41, 5.74) is 1.09. The lowest BCUT2D eigenvalue weighted by molar-refractivity contribution is -0.147. The maximum Gasteiger partial charge on any atom is 0.230 e. The zero-order valence-electron chi connectivity index (χ0n) is 18.7. The number of likely N-dealkylation sites (tertiary alicyclic amines) is 1. The number of hydrogen-bond acceptors (Lipinski definition) is 4. The Morgan fingerprint density at radius 3 is 2.61 bits per heavy atom. The van der Waals surface area contributed by atoms with Crippen LogP contribution in [0.4, 0.5) is 0 Å². The molecule has 2 aliphatic rings. The van der Waals surface area contributed by atoms with Gasteiger partial charge < -0.3 is 14.3 Å². The van der Waals surface area contributed by atoms with E-state index in [0.29, 0.717) is 31.1 Å². The highest BCUT2D eigenvalue weighted by Gasteiger charge is 2.45. The van der Waals surface area contributed by atoms with Gasteiger partial charge in [-0.25, -0.2) is 0 Å². The zero-order chi connectivity index (χ0) is 21.8. The first kappa shape index (κ1) is 21.6. The smallest absolute Gasteiger partial charge is 0.230 e. The molecule has 6 nitrogen and oxygen atoms in total. The van der Waals surface area contributed by atoms with Crippen LogP contribution in [0.5, 0.6) is 0 Å². The lowest BCUT2D eigenvalue weighted by atomic mass is 9.75. The number of aromatic nitrogens is 1. The quantitative estimate of drug-likeness (QED) is 0.700. The summed E-state index contributed by atoms with van der Waals surface area (Å²) < 4.78 is 5.66. The van der Waals surface area contributed by atoms with Crippen LogP contribution in [0.3, 0.4) is 0 Å². The monoisotopic (exact) mass is 423 g/mol. The molecular weight excluding hydrogens is 390 g/mol. The normalized spacial score (nSPS) is 21.9. The highest BCUT2D eigenvalue weighted by Crippen LogP contribution is 2.37. The summed E-state index contributed by atoms with van der Waals surface area (Å²) in [6.45, 7) is 1.19. The van der Waals surface area contributed by atoms with E-state index in [1.165, 1.54) is 12.8 Å². The van der Waals surface area contributed by atoms with Crippen molar-refractivity contribution in [2.45, 2.75) is 51.4 Å². The second-order valence-corrected chi connectivity index (χ2v) is 9.47. The molecule has 0 spiro atoms. The average molecular weight is 424 g/mol. The van der Waals surface area contributed by atoms with Crippen LogP contribution in [0.15, 0.2) is 40.9 Å². The molecule has 0 N–H and O–H groups in total. The third-order valence-electron chi connectivity index (χ3n) is 6.87. The van der Waals surface area contributed by atoms with Gasteiger partial charge in [0.05, 0.1) is 5.41 Å². The lowest BCUT2D eigenvalue weighted by Crippen LogP contribution is -2.54. The van der Waals surface area contributed by atoms with Crippen molar-refractivity contribution in [2.75, 3.05) is 27.2 Å². The summed E-state index contributed by atoms with van der Waals surface area (Å²) in [6, 6.07) is 11.8. The molecule has 1 aromatic carbocycles. The molecule has 1 saturated heterocycles. The third kappa shape index (κ3) is 4.83. The lowest BCUT2D eigenvalue weighted by Gasteiger charge is -2.42. The first-order chi connectivity index (χ1) is 15.0. The summed E-state index contributed by atoms with van der Waals surface area (Å²) in [7, 11) is 3.58. The number of rotatable bonds is 6. The largest absolute Gasteiger partial charge is 0.361 e. The molecule has 1 aromatic heterocycles. The van der Waals surface area contributed by atoms with E-state index < -0.39 is 5.41 Å². The van der Waals surface area contributed by atoms with E-state index in [1.54, 1.807) is 19.0 Å². The highest BCUT2D eigenvalue weighted by molar-refractivity contribution is 5.84. The molecule has 1 aliphatic heterocycles. The molecule has 2 heterocycles. The SMILES string of the molecule is CN(C)C(=O)C1(Cc2cc(-c3ccccc3)no2)CCCN(C(=O)CC2CCCC2)C1. The van der Waals surface area contributed by atoms with Crippen LogP contribution in [-0.4, -0.2) is 54.0 Å². The molecule has 2 amide bonds. The van der Waals surface area contributed by atoms with Crippen LogP contribution >= 0.6 is 0 Å². The molecule has 0 bridgehead atoms. The fraction of sp³-hybridized carbons (Fsp3) is 0.560. The van der Waals surface area contributed by atoms with Crippen molar-refractivity contribution >= 4 is 11.8 Å². The van der Waals surface area contributed by atoms with Crippen molar-refractivity contribution in [1.29, 1.82) is 0 Å². The van der Waals surface area contributed by atoms with Crippen LogP contribution in [0.2, 0.25) is 0 Å². The van der Waals surface area contributed by atoms with Gasteiger partial charge in [0.2, 0.25) is 11.8 Å². The molecule has 1 aliphatic carbocycles. The van der Waals surface area contributed by atoms with Crippen LogP contribution in [0.25, 0.3) is 11.3 Å². The standard InChI is InChI=1S/C25H33N3O3/c1-27(2)24(30)25(17-21-16-22(26-31-21)20-11-4-3-5-12-20)13-8-14-28(18-25)23(29)15-19-9-6-7-10-19/h3-5,11-12,16,19H,6-10,13-15,17-18H2,1-2H3. The molecule has 6 heteroatoms. The van der Waals surface area contributed by atoms with Crippen LogP contribution < -0.4 is 0 Å². The Morgan fingerprint density at radius 2 is 1.90 bits per heavy atom. The van der Waals surface area contributed by atoms with Gasteiger partial charge in [-0.05, 0) is 31.6 Å². The number of carbonyl (C=O) groups excluding carboxylic acids is 2. The number of piperidine rings is 1. The number of benzene rings is 1. The molecule has 0 radical (unpaired) electrons. The minimum absolute atomic E-state index is 0.0588. The second-order valence-electron chi connectivity index (χ2n) is 9.47. The van der Waals surface area contributed by atoms with Crippen molar-refractivity contribution in [2.24, 2.45) is 11.3 Å². The summed E-state index contributed by atoms with van der Waals surface area (Å²) in [6.07, 6.45) is 7.42. The van der Waals surface area contributed by atoms with Crippen LogP contribution in [0.1, 0.15) is 50.7 Å². The van der Waals surface area contributed by atoms with Crippen molar-refractivity contribution in [3.63, 3.8) is 0 Å². The topological polar surface area (TPSA) is 66.7 Å². The van der Waals surface area contributed by atoms with Gasteiger partial charge in [0.25, 0.3) is 0 Å². The first-order valence-electron chi connectivity index (χ1n) is 11.5. The average Bonchev–Trinajstić information content (AvgIpc) is 3.46. The van der Waals surface area contributed by atoms with E-state index in [-0.39, 0.29) is 11.8 Å². The van der Waals surface area contributed by atoms with Gasteiger partial charge in [-0.1, -0.05) is 48.3 Å². The Balaban J connectivity index is 1.53. The fourth-order valence-corrected chi connectivity index (χ4v) is 5.28. The van der Waals surface area contributed by atoms with Gasteiger partial charge in [0.1, 0.15) is 11.5 Å². The van der Waals surface area contributed by atoms with Crippen molar-refractivity contribution < 1.29 is 14.1 Å². The zero-order valence-corrected chi connectivity index (χ0v) is 18.7. The Kier molecular flexibility index (Phi) is 6.44. The van der Waals surface area contributed by atoms with Gasteiger partial charge in [0, 0.05) is 51.7 Å². The second kappa shape index (κ2) is 9.25. The van der Waals surface area contributed by atoms with E-state index in [2.05, 4.69) is 5.16 Å². The van der Waals surface area contributed by atoms with Crippen LogP contribution in [0, 0.1) is 11.3 Å². The number of hydrogen-bond donors (Lipinski definition) is 0. The van der Waals surface area contributed by atoms with Crippen molar-refractivity contribution in [3.05, 3.63) is 42.2 Å². The predicted molar refractivity (Wildman–Crippen MR) is 119 cm³/mol. The first-order valence-corrected chi connectivity index (χ1v) is 11.5. The molecule has 1 unspecified atom stereocenters.